The molecule has 20 heavy (non-hydrogen) atoms. The molecule has 0 fully saturated rings. The van der Waals surface area contributed by atoms with E-state index in [4.69, 9.17) is 9.47 Å². The summed E-state index contributed by atoms with van der Waals surface area (Å²) < 4.78 is 22.8. The van der Waals surface area contributed by atoms with Gasteiger partial charge in [-0.25, -0.2) is 4.98 Å². The molecule has 1 heterocycles. The maximum absolute atomic E-state index is 12.6. The second kappa shape index (κ2) is 6.51. The standard InChI is InChI=1S/C14H13FN2O3/c1-19-11-4-2-3-10(7-11)17-14(18)9-20-12-5-6-13(15)16-8-12/h2-8H,9H2,1H3,(H,17,18). The number of carbonyl (C=O) groups excluding carboxylic acids is 1. The first-order valence-corrected chi connectivity index (χ1v) is 5.85. The molecule has 0 saturated heterocycles. The summed E-state index contributed by atoms with van der Waals surface area (Å²) in [7, 11) is 1.55. The summed E-state index contributed by atoms with van der Waals surface area (Å²) in [6.45, 7) is -0.190. The van der Waals surface area contributed by atoms with Crippen molar-refractivity contribution >= 4 is 11.6 Å². The zero-order valence-corrected chi connectivity index (χ0v) is 10.8. The minimum absolute atomic E-state index is 0.190. The highest BCUT2D eigenvalue weighted by Gasteiger charge is 2.05. The van der Waals surface area contributed by atoms with Crippen LogP contribution < -0.4 is 14.8 Å². The number of hydrogen-bond donors (Lipinski definition) is 1. The quantitative estimate of drug-likeness (QED) is 0.851. The first-order valence-electron chi connectivity index (χ1n) is 5.85. The molecule has 0 aliphatic carbocycles. The predicted octanol–water partition coefficient (Wildman–Crippen LogP) is 2.25. The molecule has 104 valence electrons. The van der Waals surface area contributed by atoms with Crippen LogP contribution in [0.4, 0.5) is 10.1 Å². The van der Waals surface area contributed by atoms with Gasteiger partial charge in [-0.15, -0.1) is 0 Å². The van der Waals surface area contributed by atoms with Crippen molar-refractivity contribution in [3.05, 3.63) is 48.5 Å². The Labute approximate surface area is 115 Å². The predicted molar refractivity (Wildman–Crippen MR) is 71.3 cm³/mol. The van der Waals surface area contributed by atoms with E-state index in [9.17, 15) is 9.18 Å². The Morgan fingerprint density at radius 1 is 1.30 bits per heavy atom. The molecule has 1 aromatic heterocycles. The van der Waals surface area contributed by atoms with Gasteiger partial charge in [-0.1, -0.05) is 6.07 Å². The van der Waals surface area contributed by atoms with Crippen molar-refractivity contribution in [3.63, 3.8) is 0 Å². The second-order valence-electron chi connectivity index (χ2n) is 3.89. The van der Waals surface area contributed by atoms with Gasteiger partial charge in [0, 0.05) is 11.8 Å². The smallest absolute Gasteiger partial charge is 0.262 e. The lowest BCUT2D eigenvalue weighted by molar-refractivity contribution is -0.118. The van der Waals surface area contributed by atoms with Crippen molar-refractivity contribution in [1.82, 2.24) is 4.98 Å². The average molecular weight is 276 g/mol. The third-order valence-corrected chi connectivity index (χ3v) is 2.42. The Bertz CT molecular complexity index is 587. The topological polar surface area (TPSA) is 60.5 Å². The number of ether oxygens (including phenoxy) is 2. The monoisotopic (exact) mass is 276 g/mol. The fourth-order valence-corrected chi connectivity index (χ4v) is 1.49. The molecule has 1 amide bonds. The van der Waals surface area contributed by atoms with E-state index >= 15 is 0 Å². The summed E-state index contributed by atoms with van der Waals surface area (Å²) in [4.78, 5) is 15.1. The van der Waals surface area contributed by atoms with Gasteiger partial charge in [-0.2, -0.15) is 4.39 Å². The molecule has 1 N–H and O–H groups in total. The van der Waals surface area contributed by atoms with E-state index in [1.165, 1.54) is 12.3 Å². The van der Waals surface area contributed by atoms with Gasteiger partial charge < -0.3 is 14.8 Å². The largest absolute Gasteiger partial charge is 0.497 e. The molecule has 5 nitrogen and oxygen atoms in total. The van der Waals surface area contributed by atoms with Crippen molar-refractivity contribution in [3.8, 4) is 11.5 Å². The first-order chi connectivity index (χ1) is 9.67. The van der Waals surface area contributed by atoms with Crippen molar-refractivity contribution in [2.75, 3.05) is 19.0 Å². The maximum atomic E-state index is 12.6. The fourth-order valence-electron chi connectivity index (χ4n) is 1.49. The van der Waals surface area contributed by atoms with E-state index in [2.05, 4.69) is 10.3 Å². The number of aromatic nitrogens is 1. The van der Waals surface area contributed by atoms with Gasteiger partial charge in [-0.3, -0.25) is 4.79 Å². The van der Waals surface area contributed by atoms with Crippen LogP contribution in [0.1, 0.15) is 0 Å². The number of carbonyl (C=O) groups is 1. The lowest BCUT2D eigenvalue weighted by atomic mass is 10.3. The number of anilines is 1. The van der Waals surface area contributed by atoms with E-state index in [0.29, 0.717) is 17.2 Å². The van der Waals surface area contributed by atoms with Crippen LogP contribution in [0, 0.1) is 5.95 Å². The highest BCUT2D eigenvalue weighted by molar-refractivity contribution is 5.92. The molecule has 2 aromatic rings. The molecule has 1 aromatic carbocycles. The normalized spacial score (nSPS) is 9.90. The lowest BCUT2D eigenvalue weighted by Gasteiger charge is -2.08. The van der Waals surface area contributed by atoms with E-state index in [1.807, 2.05) is 0 Å². The van der Waals surface area contributed by atoms with Crippen molar-refractivity contribution in [2.45, 2.75) is 0 Å². The zero-order chi connectivity index (χ0) is 14.4. The van der Waals surface area contributed by atoms with Crippen LogP contribution in [0.15, 0.2) is 42.6 Å². The number of methoxy groups -OCH3 is 1. The molecule has 0 aliphatic heterocycles. The highest BCUT2D eigenvalue weighted by atomic mass is 19.1. The molecule has 0 unspecified atom stereocenters. The molecule has 0 saturated carbocycles. The van der Waals surface area contributed by atoms with Crippen molar-refractivity contribution in [2.24, 2.45) is 0 Å². The Morgan fingerprint density at radius 3 is 2.85 bits per heavy atom. The van der Waals surface area contributed by atoms with E-state index in [-0.39, 0.29) is 12.5 Å². The molecule has 0 bridgehead atoms. The number of amides is 1. The van der Waals surface area contributed by atoms with Gasteiger partial charge >= 0.3 is 0 Å². The Balaban J connectivity index is 1.87. The molecule has 0 radical (unpaired) electrons. The van der Waals surface area contributed by atoms with Gasteiger partial charge in [0.15, 0.2) is 6.61 Å². The summed E-state index contributed by atoms with van der Waals surface area (Å²) >= 11 is 0. The molecular formula is C14H13FN2O3. The number of pyridine rings is 1. The number of halogens is 1. The Hall–Kier alpha value is -2.63. The van der Waals surface area contributed by atoms with Crippen LogP contribution in [0.5, 0.6) is 11.5 Å². The SMILES string of the molecule is COc1cccc(NC(=O)COc2ccc(F)nc2)c1. The summed E-state index contributed by atoms with van der Waals surface area (Å²) in [5.41, 5.74) is 0.607. The van der Waals surface area contributed by atoms with Crippen LogP contribution in [0.3, 0.4) is 0 Å². The zero-order valence-electron chi connectivity index (χ0n) is 10.8. The van der Waals surface area contributed by atoms with Gasteiger partial charge in [0.2, 0.25) is 5.95 Å². The average Bonchev–Trinajstić information content (AvgIpc) is 2.47. The number of benzene rings is 1. The van der Waals surface area contributed by atoms with Crippen LogP contribution in [0.2, 0.25) is 0 Å². The van der Waals surface area contributed by atoms with Gasteiger partial charge in [0.05, 0.1) is 13.3 Å². The maximum Gasteiger partial charge on any atom is 0.262 e. The summed E-state index contributed by atoms with van der Waals surface area (Å²) in [5, 5.41) is 2.66. The summed E-state index contributed by atoms with van der Waals surface area (Å²) in [6, 6.07) is 9.53. The van der Waals surface area contributed by atoms with Crippen LogP contribution >= 0.6 is 0 Å². The van der Waals surface area contributed by atoms with E-state index in [0.717, 1.165) is 6.07 Å². The van der Waals surface area contributed by atoms with E-state index < -0.39 is 5.95 Å². The molecular weight excluding hydrogens is 263 g/mol. The molecule has 2 rings (SSSR count). The highest BCUT2D eigenvalue weighted by Crippen LogP contribution is 2.16. The third-order valence-electron chi connectivity index (χ3n) is 2.42. The molecule has 0 atom stereocenters. The first kappa shape index (κ1) is 13.8. The van der Waals surface area contributed by atoms with Crippen LogP contribution in [-0.2, 0) is 4.79 Å². The number of nitrogens with one attached hydrogen (secondary N) is 1. The molecule has 0 spiro atoms. The Morgan fingerprint density at radius 2 is 2.15 bits per heavy atom. The number of rotatable bonds is 5. The number of hydrogen-bond acceptors (Lipinski definition) is 4. The Kier molecular flexibility index (Phi) is 4.49. The molecule has 0 aliphatic rings. The minimum Gasteiger partial charge on any atom is -0.497 e. The van der Waals surface area contributed by atoms with Gasteiger partial charge in [0.25, 0.3) is 5.91 Å². The van der Waals surface area contributed by atoms with Crippen LogP contribution in [0.25, 0.3) is 0 Å². The van der Waals surface area contributed by atoms with Crippen molar-refractivity contribution in [1.29, 1.82) is 0 Å². The minimum atomic E-state index is -0.599. The fraction of sp³-hybridized carbons (Fsp3) is 0.143. The van der Waals surface area contributed by atoms with Crippen LogP contribution in [-0.4, -0.2) is 24.6 Å². The lowest BCUT2D eigenvalue weighted by Crippen LogP contribution is -2.20. The van der Waals surface area contributed by atoms with E-state index in [1.54, 1.807) is 31.4 Å². The van der Waals surface area contributed by atoms with Gasteiger partial charge in [0.1, 0.15) is 11.5 Å². The third kappa shape index (κ3) is 3.94. The second-order valence-corrected chi connectivity index (χ2v) is 3.89. The summed E-state index contributed by atoms with van der Waals surface area (Å²) in [6.07, 6.45) is 1.22. The van der Waals surface area contributed by atoms with Gasteiger partial charge in [-0.05, 0) is 24.3 Å². The number of nitrogens with zero attached hydrogens (tertiary/aromatic N) is 1. The summed E-state index contributed by atoms with van der Waals surface area (Å²) in [5.74, 6) is 0.0411. The van der Waals surface area contributed by atoms with Crippen molar-refractivity contribution < 1.29 is 18.7 Å². The molecule has 6 heteroatoms.